The normalized spacial score (nSPS) is 11.4. The number of hydrogen-bond acceptors (Lipinski definition) is 6. The molecule has 7 nitrogen and oxygen atoms in total. The summed E-state index contributed by atoms with van der Waals surface area (Å²) in [5.41, 5.74) is 4.52. The van der Waals surface area contributed by atoms with E-state index in [1.807, 2.05) is 65.0 Å². The zero-order valence-electron chi connectivity index (χ0n) is 20.9. The molecule has 5 rings (SSSR count). The first-order valence-electron chi connectivity index (χ1n) is 11.8. The van der Waals surface area contributed by atoms with E-state index in [0.717, 1.165) is 28.0 Å². The zero-order valence-corrected chi connectivity index (χ0v) is 20.9. The van der Waals surface area contributed by atoms with Crippen LogP contribution in [0.3, 0.4) is 0 Å². The van der Waals surface area contributed by atoms with Gasteiger partial charge < -0.3 is 13.9 Å². The van der Waals surface area contributed by atoms with Crippen LogP contribution in [0.2, 0.25) is 0 Å². The summed E-state index contributed by atoms with van der Waals surface area (Å²) >= 11 is 0. The molecule has 8 heteroatoms. The zero-order chi connectivity index (χ0) is 25.4. The van der Waals surface area contributed by atoms with Crippen molar-refractivity contribution in [2.45, 2.75) is 47.3 Å². The number of pyridine rings is 1. The minimum atomic E-state index is -0.336. The summed E-state index contributed by atoms with van der Waals surface area (Å²) in [5, 5.41) is 5.50. The highest BCUT2D eigenvalue weighted by Crippen LogP contribution is 2.28. The first-order chi connectivity index (χ1) is 17.3. The summed E-state index contributed by atoms with van der Waals surface area (Å²) in [6.45, 7) is 9.91. The fourth-order valence-electron chi connectivity index (χ4n) is 4.11. The van der Waals surface area contributed by atoms with Crippen LogP contribution in [0.15, 0.2) is 59.0 Å². The van der Waals surface area contributed by atoms with Gasteiger partial charge in [0.25, 0.3) is 0 Å². The second-order valence-corrected chi connectivity index (χ2v) is 8.95. The Kier molecular flexibility index (Phi) is 6.18. The number of benzene rings is 2. The third kappa shape index (κ3) is 4.66. The lowest BCUT2D eigenvalue weighted by molar-refractivity contribution is 0.242. The number of oxazole rings is 1. The van der Waals surface area contributed by atoms with Crippen molar-refractivity contribution in [2.24, 2.45) is 0 Å². The summed E-state index contributed by atoms with van der Waals surface area (Å²) in [6.07, 6.45) is 0.108. The first-order valence-corrected chi connectivity index (χ1v) is 11.8. The van der Waals surface area contributed by atoms with Gasteiger partial charge in [0.1, 0.15) is 29.6 Å². The third-order valence-electron chi connectivity index (χ3n) is 5.76. The lowest BCUT2D eigenvalue weighted by atomic mass is 10.2. The molecule has 3 aromatic heterocycles. The molecule has 0 fully saturated rings. The van der Waals surface area contributed by atoms with Crippen molar-refractivity contribution in [3.8, 4) is 28.8 Å². The minimum Gasteiger partial charge on any atom is -0.491 e. The largest absolute Gasteiger partial charge is 0.491 e. The maximum absolute atomic E-state index is 13.9. The van der Waals surface area contributed by atoms with Crippen LogP contribution in [0.1, 0.15) is 36.6 Å². The van der Waals surface area contributed by atoms with Crippen molar-refractivity contribution < 1.29 is 18.3 Å². The number of ether oxygens (including phenoxy) is 2. The molecule has 0 atom stereocenters. The molecule has 3 heterocycles. The Morgan fingerprint density at radius 2 is 1.78 bits per heavy atom. The van der Waals surface area contributed by atoms with Crippen molar-refractivity contribution in [2.75, 3.05) is 0 Å². The minimum absolute atomic E-state index is 0.108. The maximum Gasteiger partial charge on any atom is 0.226 e. The molecule has 36 heavy (non-hydrogen) atoms. The van der Waals surface area contributed by atoms with Crippen molar-refractivity contribution in [3.63, 3.8) is 0 Å². The van der Waals surface area contributed by atoms with Gasteiger partial charge in [-0.2, -0.15) is 10.1 Å². The summed E-state index contributed by atoms with van der Waals surface area (Å²) in [7, 11) is 0. The van der Waals surface area contributed by atoms with E-state index in [4.69, 9.17) is 13.9 Å². The van der Waals surface area contributed by atoms with E-state index >= 15 is 0 Å². The molecule has 184 valence electrons. The predicted molar refractivity (Wildman–Crippen MR) is 135 cm³/mol. The Morgan fingerprint density at radius 3 is 2.50 bits per heavy atom. The fraction of sp³-hybridized carbons (Fsp3) is 0.250. The molecule has 0 aliphatic carbocycles. The van der Waals surface area contributed by atoms with Crippen LogP contribution < -0.4 is 9.47 Å². The molecule has 0 bridgehead atoms. The van der Waals surface area contributed by atoms with Crippen molar-refractivity contribution in [3.05, 3.63) is 83.1 Å². The van der Waals surface area contributed by atoms with E-state index in [1.165, 1.54) is 12.1 Å². The van der Waals surface area contributed by atoms with Gasteiger partial charge in [-0.05, 0) is 82.6 Å². The van der Waals surface area contributed by atoms with Crippen LogP contribution in [0, 0.1) is 26.6 Å². The molecule has 0 spiro atoms. The highest BCUT2D eigenvalue weighted by atomic mass is 19.1. The first kappa shape index (κ1) is 23.5. The number of nitrogens with zero attached hydrogens (tertiary/aromatic N) is 4. The van der Waals surface area contributed by atoms with Gasteiger partial charge in [-0.3, -0.25) is 0 Å². The van der Waals surface area contributed by atoms with E-state index in [2.05, 4.69) is 15.1 Å². The fourth-order valence-corrected chi connectivity index (χ4v) is 4.11. The van der Waals surface area contributed by atoms with E-state index in [0.29, 0.717) is 34.6 Å². The molecule has 2 aromatic carbocycles. The van der Waals surface area contributed by atoms with Gasteiger partial charge in [0.2, 0.25) is 11.8 Å². The van der Waals surface area contributed by atoms with Gasteiger partial charge in [0, 0.05) is 17.0 Å². The van der Waals surface area contributed by atoms with Gasteiger partial charge in [0.15, 0.2) is 5.65 Å². The van der Waals surface area contributed by atoms with Crippen molar-refractivity contribution >= 4 is 11.0 Å². The van der Waals surface area contributed by atoms with Gasteiger partial charge in [-0.25, -0.2) is 14.1 Å². The number of aromatic nitrogens is 4. The Balaban J connectivity index is 1.39. The van der Waals surface area contributed by atoms with Gasteiger partial charge in [0.05, 0.1) is 17.5 Å². The van der Waals surface area contributed by atoms with Crippen LogP contribution in [-0.4, -0.2) is 25.9 Å². The number of hydrogen-bond donors (Lipinski definition) is 0. The van der Waals surface area contributed by atoms with Gasteiger partial charge in [-0.1, -0.05) is 6.07 Å². The Morgan fingerprint density at radius 1 is 1.00 bits per heavy atom. The third-order valence-corrected chi connectivity index (χ3v) is 5.76. The number of fused-ring (bicyclic) bond motifs is 1. The van der Waals surface area contributed by atoms with Gasteiger partial charge in [-0.15, -0.1) is 0 Å². The molecule has 0 amide bonds. The van der Waals surface area contributed by atoms with Crippen molar-refractivity contribution in [1.29, 1.82) is 0 Å². The standard InChI is InChI=1S/C28H27FN4O3/c1-16(2)35-23-11-9-20(10-12-23)28-30-24(19(5)36-28)15-34-25-13-17(3)26-18(4)32-33(27(26)31-25)22-8-6-7-21(29)14-22/h6-14,16H,15H2,1-5H3. The van der Waals surface area contributed by atoms with Gasteiger partial charge >= 0.3 is 0 Å². The second-order valence-electron chi connectivity index (χ2n) is 8.95. The molecule has 0 aliphatic rings. The van der Waals surface area contributed by atoms with Crippen molar-refractivity contribution in [1.82, 2.24) is 19.7 Å². The highest BCUT2D eigenvalue weighted by Gasteiger charge is 2.17. The van der Waals surface area contributed by atoms with E-state index in [1.54, 1.807) is 16.8 Å². The molecule has 0 aliphatic heterocycles. The number of halogens is 1. The average molecular weight is 487 g/mol. The van der Waals surface area contributed by atoms with Crippen LogP contribution in [0.5, 0.6) is 11.6 Å². The summed E-state index contributed by atoms with van der Waals surface area (Å²) in [5.74, 6) is 2.08. The molecular formula is C28H27FN4O3. The summed E-state index contributed by atoms with van der Waals surface area (Å²) in [6, 6.07) is 15.8. The molecule has 0 unspecified atom stereocenters. The lowest BCUT2D eigenvalue weighted by Gasteiger charge is -2.09. The molecular weight excluding hydrogens is 459 g/mol. The Hall–Kier alpha value is -4.20. The SMILES string of the molecule is Cc1oc(-c2ccc(OC(C)C)cc2)nc1COc1cc(C)c2c(C)nn(-c3cccc(F)c3)c2n1. The quantitative estimate of drug-likeness (QED) is 0.261. The van der Waals surface area contributed by atoms with E-state index in [9.17, 15) is 4.39 Å². The predicted octanol–water partition coefficient (Wildman–Crippen LogP) is 6.51. The summed E-state index contributed by atoms with van der Waals surface area (Å²) in [4.78, 5) is 9.32. The molecule has 0 N–H and O–H groups in total. The van der Waals surface area contributed by atoms with Crippen LogP contribution in [0.25, 0.3) is 28.2 Å². The Labute approximate surface area is 208 Å². The second kappa shape index (κ2) is 9.45. The molecule has 5 aromatic rings. The molecule has 0 saturated carbocycles. The molecule has 0 saturated heterocycles. The van der Waals surface area contributed by atoms with E-state index < -0.39 is 0 Å². The van der Waals surface area contributed by atoms with Crippen LogP contribution >= 0.6 is 0 Å². The summed E-state index contributed by atoms with van der Waals surface area (Å²) < 4.78 is 33.1. The number of rotatable bonds is 7. The smallest absolute Gasteiger partial charge is 0.226 e. The number of aryl methyl sites for hydroxylation is 3. The maximum atomic E-state index is 13.9. The van der Waals surface area contributed by atoms with E-state index in [-0.39, 0.29) is 18.5 Å². The monoisotopic (exact) mass is 486 g/mol. The van der Waals surface area contributed by atoms with Crippen LogP contribution in [0.4, 0.5) is 4.39 Å². The van der Waals surface area contributed by atoms with Crippen LogP contribution in [-0.2, 0) is 6.61 Å². The topological polar surface area (TPSA) is 75.2 Å². The average Bonchev–Trinajstić information content (AvgIpc) is 3.37. The molecule has 0 radical (unpaired) electrons. The highest BCUT2D eigenvalue weighted by molar-refractivity contribution is 5.84. The lowest BCUT2D eigenvalue weighted by Crippen LogP contribution is -2.05. The Bertz CT molecular complexity index is 1540.